The van der Waals surface area contributed by atoms with Gasteiger partial charge in [0.15, 0.2) is 0 Å². The van der Waals surface area contributed by atoms with Gasteiger partial charge >= 0.3 is 0 Å². The molecule has 16 heavy (non-hydrogen) atoms. The Hall–Kier alpha value is -1.02. The van der Waals surface area contributed by atoms with Crippen molar-refractivity contribution in [2.24, 2.45) is 11.7 Å². The third-order valence-corrected chi connectivity index (χ3v) is 3.18. The monoisotopic (exact) mass is 220 g/mol. The molecule has 2 heteroatoms. The smallest absolute Gasteiger partial charge is 0.0435 e. The number of hydrogen-bond donors (Lipinski definition) is 1. The molecular weight excluding hydrogens is 196 g/mol. The van der Waals surface area contributed by atoms with E-state index in [9.17, 15) is 0 Å². The van der Waals surface area contributed by atoms with Crippen molar-refractivity contribution in [3.63, 3.8) is 0 Å². The van der Waals surface area contributed by atoms with E-state index in [1.54, 1.807) is 0 Å². The second kappa shape index (κ2) is 5.90. The van der Waals surface area contributed by atoms with Gasteiger partial charge in [-0.2, -0.15) is 0 Å². The van der Waals surface area contributed by atoms with Gasteiger partial charge in [-0.15, -0.1) is 0 Å². The minimum atomic E-state index is 0.422. The van der Waals surface area contributed by atoms with Crippen LogP contribution in [0, 0.1) is 12.8 Å². The maximum absolute atomic E-state index is 5.90. The standard InChI is InChI=1S/C14H24N2/c1-5-16(14(10-15)11(2)3)13-9-7-6-8-12(13)4/h6-9,11,14H,5,10,15H2,1-4H3. The zero-order valence-electron chi connectivity index (χ0n) is 10.9. The Labute approximate surface area is 99.5 Å². The molecule has 0 radical (unpaired) electrons. The summed E-state index contributed by atoms with van der Waals surface area (Å²) in [5.74, 6) is 0.574. The van der Waals surface area contributed by atoms with Gasteiger partial charge in [-0.3, -0.25) is 0 Å². The van der Waals surface area contributed by atoms with Gasteiger partial charge in [-0.05, 0) is 31.4 Å². The van der Waals surface area contributed by atoms with Crippen molar-refractivity contribution in [2.75, 3.05) is 18.0 Å². The van der Waals surface area contributed by atoms with Gasteiger partial charge in [0.1, 0.15) is 0 Å². The number of likely N-dealkylation sites (N-methyl/N-ethyl adjacent to an activating group) is 1. The largest absolute Gasteiger partial charge is 0.367 e. The second-order valence-corrected chi connectivity index (χ2v) is 4.62. The average Bonchev–Trinajstić information content (AvgIpc) is 2.26. The number of aryl methyl sites for hydroxylation is 1. The highest BCUT2D eigenvalue weighted by molar-refractivity contribution is 5.53. The summed E-state index contributed by atoms with van der Waals surface area (Å²) in [7, 11) is 0. The van der Waals surface area contributed by atoms with Gasteiger partial charge in [-0.25, -0.2) is 0 Å². The van der Waals surface area contributed by atoms with Crippen LogP contribution in [0.4, 0.5) is 5.69 Å². The Balaban J connectivity index is 3.02. The molecule has 1 unspecified atom stereocenters. The zero-order chi connectivity index (χ0) is 12.1. The van der Waals surface area contributed by atoms with E-state index in [1.165, 1.54) is 11.3 Å². The first kappa shape index (κ1) is 13.0. The fourth-order valence-electron chi connectivity index (χ4n) is 2.23. The highest BCUT2D eigenvalue weighted by atomic mass is 15.2. The Morgan fingerprint density at radius 2 is 1.88 bits per heavy atom. The molecule has 2 N–H and O–H groups in total. The highest BCUT2D eigenvalue weighted by Gasteiger charge is 2.20. The van der Waals surface area contributed by atoms with Gasteiger partial charge < -0.3 is 10.6 Å². The third kappa shape index (κ3) is 2.76. The summed E-state index contributed by atoms with van der Waals surface area (Å²) in [6.07, 6.45) is 0. The Morgan fingerprint density at radius 1 is 1.25 bits per heavy atom. The predicted octanol–water partition coefficient (Wildman–Crippen LogP) is 2.80. The van der Waals surface area contributed by atoms with Crippen LogP contribution in [-0.4, -0.2) is 19.1 Å². The van der Waals surface area contributed by atoms with E-state index in [1.807, 2.05) is 0 Å². The second-order valence-electron chi connectivity index (χ2n) is 4.62. The molecule has 0 fully saturated rings. The van der Waals surface area contributed by atoms with E-state index in [-0.39, 0.29) is 0 Å². The summed E-state index contributed by atoms with van der Waals surface area (Å²) in [6.45, 7) is 10.5. The van der Waals surface area contributed by atoms with E-state index in [0.29, 0.717) is 18.5 Å². The fourth-order valence-corrected chi connectivity index (χ4v) is 2.23. The molecule has 0 saturated heterocycles. The number of hydrogen-bond acceptors (Lipinski definition) is 2. The number of benzene rings is 1. The van der Waals surface area contributed by atoms with E-state index < -0.39 is 0 Å². The normalized spacial score (nSPS) is 12.9. The number of para-hydroxylation sites is 1. The Morgan fingerprint density at radius 3 is 2.31 bits per heavy atom. The molecule has 1 rings (SSSR count). The lowest BCUT2D eigenvalue weighted by atomic mass is 10.0. The van der Waals surface area contributed by atoms with E-state index in [2.05, 4.69) is 56.9 Å². The lowest BCUT2D eigenvalue weighted by Gasteiger charge is -2.35. The molecule has 0 aromatic heterocycles. The van der Waals surface area contributed by atoms with Gasteiger partial charge in [-0.1, -0.05) is 32.0 Å². The van der Waals surface area contributed by atoms with Crippen LogP contribution in [0.3, 0.4) is 0 Å². The van der Waals surface area contributed by atoms with Crippen molar-refractivity contribution in [3.8, 4) is 0 Å². The van der Waals surface area contributed by atoms with Gasteiger partial charge in [0.2, 0.25) is 0 Å². The van der Waals surface area contributed by atoms with Crippen molar-refractivity contribution in [2.45, 2.75) is 33.7 Å². The summed E-state index contributed by atoms with van der Waals surface area (Å²) in [5, 5.41) is 0. The van der Waals surface area contributed by atoms with Crippen LogP contribution in [0.5, 0.6) is 0 Å². The highest BCUT2D eigenvalue weighted by Crippen LogP contribution is 2.23. The van der Waals surface area contributed by atoms with Crippen LogP contribution in [0.15, 0.2) is 24.3 Å². The molecule has 0 aliphatic rings. The minimum absolute atomic E-state index is 0.422. The van der Waals surface area contributed by atoms with Crippen molar-refractivity contribution in [1.29, 1.82) is 0 Å². The molecule has 0 bridgehead atoms. The fraction of sp³-hybridized carbons (Fsp3) is 0.571. The summed E-state index contributed by atoms with van der Waals surface area (Å²) < 4.78 is 0. The van der Waals surface area contributed by atoms with E-state index in [4.69, 9.17) is 5.73 Å². The van der Waals surface area contributed by atoms with E-state index >= 15 is 0 Å². The van der Waals surface area contributed by atoms with Crippen LogP contribution in [-0.2, 0) is 0 Å². The molecule has 0 aliphatic heterocycles. The quantitative estimate of drug-likeness (QED) is 0.826. The van der Waals surface area contributed by atoms with Crippen molar-refractivity contribution < 1.29 is 0 Å². The van der Waals surface area contributed by atoms with Crippen molar-refractivity contribution >= 4 is 5.69 Å². The number of rotatable bonds is 5. The van der Waals surface area contributed by atoms with Gasteiger partial charge in [0.05, 0.1) is 0 Å². The van der Waals surface area contributed by atoms with Crippen LogP contribution in [0.25, 0.3) is 0 Å². The van der Waals surface area contributed by atoms with Gasteiger partial charge in [0.25, 0.3) is 0 Å². The van der Waals surface area contributed by atoms with Gasteiger partial charge in [0, 0.05) is 24.8 Å². The van der Waals surface area contributed by atoms with Crippen LogP contribution in [0.2, 0.25) is 0 Å². The molecule has 0 aliphatic carbocycles. The molecule has 0 heterocycles. The summed E-state index contributed by atoms with van der Waals surface area (Å²) in [6, 6.07) is 8.94. The molecular formula is C14H24N2. The van der Waals surface area contributed by atoms with E-state index in [0.717, 1.165) is 6.54 Å². The molecule has 1 atom stereocenters. The zero-order valence-corrected chi connectivity index (χ0v) is 10.9. The van der Waals surface area contributed by atoms with Crippen LogP contribution >= 0.6 is 0 Å². The maximum Gasteiger partial charge on any atom is 0.0435 e. The minimum Gasteiger partial charge on any atom is -0.367 e. The summed E-state index contributed by atoms with van der Waals surface area (Å²) in [4.78, 5) is 2.42. The molecule has 90 valence electrons. The number of nitrogens with two attached hydrogens (primary N) is 1. The molecule has 1 aromatic rings. The topological polar surface area (TPSA) is 29.3 Å². The Bertz CT molecular complexity index is 320. The first-order chi connectivity index (χ1) is 7.61. The third-order valence-electron chi connectivity index (χ3n) is 3.18. The summed E-state index contributed by atoms with van der Waals surface area (Å²) in [5.41, 5.74) is 8.53. The van der Waals surface area contributed by atoms with Crippen LogP contribution < -0.4 is 10.6 Å². The molecule has 0 saturated carbocycles. The summed E-state index contributed by atoms with van der Waals surface area (Å²) >= 11 is 0. The number of nitrogens with zero attached hydrogens (tertiary/aromatic N) is 1. The number of anilines is 1. The lowest BCUT2D eigenvalue weighted by Crippen LogP contribution is -2.44. The van der Waals surface area contributed by atoms with Crippen molar-refractivity contribution in [3.05, 3.63) is 29.8 Å². The SMILES string of the molecule is CCN(c1ccccc1C)C(CN)C(C)C. The maximum atomic E-state index is 5.90. The predicted molar refractivity (Wildman–Crippen MR) is 71.9 cm³/mol. The van der Waals surface area contributed by atoms with Crippen molar-refractivity contribution in [1.82, 2.24) is 0 Å². The average molecular weight is 220 g/mol. The molecule has 2 nitrogen and oxygen atoms in total. The molecule has 1 aromatic carbocycles. The molecule has 0 amide bonds. The van der Waals surface area contributed by atoms with Crippen LogP contribution in [0.1, 0.15) is 26.3 Å². The first-order valence-corrected chi connectivity index (χ1v) is 6.14. The molecule has 0 spiro atoms. The Kier molecular flexibility index (Phi) is 4.81. The first-order valence-electron chi connectivity index (χ1n) is 6.14. The lowest BCUT2D eigenvalue weighted by molar-refractivity contribution is 0.465.